The van der Waals surface area contributed by atoms with Gasteiger partial charge in [-0.2, -0.15) is 5.10 Å². The van der Waals surface area contributed by atoms with Crippen molar-refractivity contribution in [2.75, 3.05) is 5.32 Å². The molecule has 0 fully saturated rings. The fourth-order valence-corrected chi connectivity index (χ4v) is 1.74. The smallest absolute Gasteiger partial charge is 0.280 e. The fraction of sp³-hybridized carbons (Fsp3) is 0.167. The lowest BCUT2D eigenvalue weighted by Gasteiger charge is -2.07. The third kappa shape index (κ3) is 2.94. The third-order valence-corrected chi connectivity index (χ3v) is 3.19. The van der Waals surface area contributed by atoms with Crippen LogP contribution in [-0.4, -0.2) is 10.2 Å². The highest BCUT2D eigenvalue weighted by atomic mass is 79.9. The molecule has 88 valence electrons. The van der Waals surface area contributed by atoms with Gasteiger partial charge in [-0.3, -0.25) is 4.79 Å². The SMILES string of the molecule is Cc1ccc(CNc2cn[nH]c(=O)c2Br)cc1. The number of aromatic amines is 1. The lowest BCUT2D eigenvalue weighted by atomic mass is 10.1. The van der Waals surface area contributed by atoms with Gasteiger partial charge < -0.3 is 5.32 Å². The summed E-state index contributed by atoms with van der Waals surface area (Å²) in [7, 11) is 0. The molecule has 0 aliphatic carbocycles. The van der Waals surface area contributed by atoms with Gasteiger partial charge in [0.25, 0.3) is 5.56 Å². The van der Waals surface area contributed by atoms with E-state index in [4.69, 9.17) is 0 Å². The largest absolute Gasteiger partial charge is 0.379 e. The second-order valence-corrected chi connectivity index (χ2v) is 4.56. The van der Waals surface area contributed by atoms with Crippen LogP contribution in [0.25, 0.3) is 0 Å². The molecule has 0 aliphatic rings. The average Bonchev–Trinajstić information content (AvgIpc) is 2.33. The molecule has 2 aromatic rings. The van der Waals surface area contributed by atoms with Gasteiger partial charge in [-0.25, -0.2) is 5.10 Å². The van der Waals surface area contributed by atoms with E-state index in [1.165, 1.54) is 5.56 Å². The summed E-state index contributed by atoms with van der Waals surface area (Å²) >= 11 is 3.22. The van der Waals surface area contributed by atoms with Crippen LogP contribution in [0.15, 0.2) is 39.7 Å². The number of anilines is 1. The van der Waals surface area contributed by atoms with Crippen LogP contribution < -0.4 is 10.9 Å². The van der Waals surface area contributed by atoms with Gasteiger partial charge in [0.2, 0.25) is 0 Å². The topological polar surface area (TPSA) is 57.8 Å². The van der Waals surface area contributed by atoms with Crippen LogP contribution in [0.4, 0.5) is 5.69 Å². The normalized spacial score (nSPS) is 10.2. The summed E-state index contributed by atoms with van der Waals surface area (Å²) in [6.07, 6.45) is 1.58. The Hall–Kier alpha value is -1.62. The maximum atomic E-state index is 11.3. The number of hydrogen-bond acceptors (Lipinski definition) is 3. The molecular weight excluding hydrogens is 282 g/mol. The number of aryl methyl sites for hydroxylation is 1. The van der Waals surface area contributed by atoms with Crippen LogP contribution in [0.2, 0.25) is 0 Å². The maximum Gasteiger partial charge on any atom is 0.280 e. The molecular formula is C12H12BrN3O. The average molecular weight is 294 g/mol. The van der Waals surface area contributed by atoms with Crippen molar-refractivity contribution in [3.05, 3.63) is 56.4 Å². The minimum atomic E-state index is -0.237. The van der Waals surface area contributed by atoms with Crippen LogP contribution in [0.5, 0.6) is 0 Å². The van der Waals surface area contributed by atoms with Crippen LogP contribution in [0, 0.1) is 6.92 Å². The first-order chi connectivity index (χ1) is 8.16. The van der Waals surface area contributed by atoms with E-state index in [1.54, 1.807) is 6.20 Å². The molecule has 1 aromatic carbocycles. The van der Waals surface area contributed by atoms with Crippen LogP contribution in [0.3, 0.4) is 0 Å². The van der Waals surface area contributed by atoms with E-state index in [-0.39, 0.29) is 5.56 Å². The first kappa shape index (κ1) is 11.9. The lowest BCUT2D eigenvalue weighted by Crippen LogP contribution is -2.12. The van der Waals surface area contributed by atoms with Crippen LogP contribution in [0.1, 0.15) is 11.1 Å². The fourth-order valence-electron chi connectivity index (χ4n) is 1.41. The van der Waals surface area contributed by atoms with Crippen molar-refractivity contribution >= 4 is 21.6 Å². The maximum absolute atomic E-state index is 11.3. The van der Waals surface area contributed by atoms with Gasteiger partial charge in [0.05, 0.1) is 11.9 Å². The Morgan fingerprint density at radius 3 is 2.76 bits per heavy atom. The van der Waals surface area contributed by atoms with Gasteiger partial charge in [-0.15, -0.1) is 0 Å². The second-order valence-electron chi connectivity index (χ2n) is 3.77. The van der Waals surface area contributed by atoms with E-state index >= 15 is 0 Å². The summed E-state index contributed by atoms with van der Waals surface area (Å²) in [4.78, 5) is 11.3. The standard InChI is InChI=1S/C12H12BrN3O/c1-8-2-4-9(5-3-8)6-14-10-7-15-16-12(17)11(10)13/h2-5,7H,6H2,1H3,(H2,14,16,17). The van der Waals surface area contributed by atoms with Gasteiger partial charge in [-0.05, 0) is 28.4 Å². The molecule has 1 aromatic heterocycles. The van der Waals surface area contributed by atoms with Crippen molar-refractivity contribution in [2.45, 2.75) is 13.5 Å². The highest BCUT2D eigenvalue weighted by Gasteiger charge is 2.03. The Labute approximate surface area is 107 Å². The molecule has 0 amide bonds. The van der Waals surface area contributed by atoms with Crippen molar-refractivity contribution in [1.82, 2.24) is 10.2 Å². The van der Waals surface area contributed by atoms with Gasteiger partial charge in [0, 0.05) is 6.54 Å². The molecule has 4 nitrogen and oxygen atoms in total. The van der Waals surface area contributed by atoms with E-state index in [0.29, 0.717) is 16.7 Å². The molecule has 0 spiro atoms. The zero-order valence-corrected chi connectivity index (χ0v) is 10.9. The van der Waals surface area contributed by atoms with Crippen LogP contribution in [-0.2, 0) is 6.54 Å². The van der Waals surface area contributed by atoms with Crippen molar-refractivity contribution in [3.63, 3.8) is 0 Å². The van der Waals surface area contributed by atoms with Crippen molar-refractivity contribution in [1.29, 1.82) is 0 Å². The number of rotatable bonds is 3. The van der Waals surface area contributed by atoms with E-state index in [1.807, 2.05) is 0 Å². The van der Waals surface area contributed by atoms with E-state index in [0.717, 1.165) is 5.56 Å². The molecule has 2 rings (SSSR count). The quantitative estimate of drug-likeness (QED) is 0.914. The predicted octanol–water partition coefficient (Wildman–Crippen LogP) is 2.45. The first-order valence-corrected chi connectivity index (χ1v) is 5.99. The minimum Gasteiger partial charge on any atom is -0.379 e. The van der Waals surface area contributed by atoms with Crippen molar-refractivity contribution < 1.29 is 0 Å². The number of aromatic nitrogens is 2. The highest BCUT2D eigenvalue weighted by molar-refractivity contribution is 9.10. The summed E-state index contributed by atoms with van der Waals surface area (Å²) in [5, 5.41) is 9.25. The van der Waals surface area contributed by atoms with Crippen molar-refractivity contribution in [3.8, 4) is 0 Å². The zero-order valence-electron chi connectivity index (χ0n) is 9.33. The highest BCUT2D eigenvalue weighted by Crippen LogP contribution is 2.16. The molecule has 5 heteroatoms. The Balaban J connectivity index is 2.10. The third-order valence-electron chi connectivity index (χ3n) is 2.40. The Bertz CT molecular complexity index is 563. The minimum absolute atomic E-state index is 0.237. The number of benzene rings is 1. The summed E-state index contributed by atoms with van der Waals surface area (Å²) in [6.45, 7) is 2.71. The molecule has 1 heterocycles. The Morgan fingerprint density at radius 1 is 1.35 bits per heavy atom. The van der Waals surface area contributed by atoms with Gasteiger partial charge in [0.15, 0.2) is 0 Å². The Morgan fingerprint density at radius 2 is 2.06 bits per heavy atom. The van der Waals surface area contributed by atoms with Crippen molar-refractivity contribution in [2.24, 2.45) is 0 Å². The van der Waals surface area contributed by atoms with E-state index in [2.05, 4.69) is 62.6 Å². The number of halogens is 1. The van der Waals surface area contributed by atoms with Crippen LogP contribution >= 0.6 is 15.9 Å². The zero-order chi connectivity index (χ0) is 12.3. The molecule has 17 heavy (non-hydrogen) atoms. The summed E-state index contributed by atoms with van der Waals surface area (Å²) < 4.78 is 0.472. The predicted molar refractivity (Wildman–Crippen MR) is 71.1 cm³/mol. The molecule has 0 radical (unpaired) electrons. The van der Waals surface area contributed by atoms with E-state index in [9.17, 15) is 4.79 Å². The number of H-pyrrole nitrogens is 1. The lowest BCUT2D eigenvalue weighted by molar-refractivity contribution is 0.971. The van der Waals surface area contributed by atoms with E-state index < -0.39 is 0 Å². The molecule has 0 saturated heterocycles. The Kier molecular flexibility index (Phi) is 3.58. The van der Waals surface area contributed by atoms with Gasteiger partial charge in [-0.1, -0.05) is 29.8 Å². The summed E-state index contributed by atoms with van der Waals surface area (Å²) in [5.41, 5.74) is 2.84. The molecule has 0 unspecified atom stereocenters. The first-order valence-electron chi connectivity index (χ1n) is 5.19. The summed E-state index contributed by atoms with van der Waals surface area (Å²) in [6, 6.07) is 8.22. The number of nitrogens with one attached hydrogen (secondary N) is 2. The molecule has 0 atom stereocenters. The van der Waals surface area contributed by atoms with Gasteiger partial charge in [0.1, 0.15) is 4.47 Å². The second kappa shape index (κ2) is 5.14. The number of hydrogen-bond donors (Lipinski definition) is 2. The number of nitrogens with zero attached hydrogens (tertiary/aromatic N) is 1. The molecule has 2 N–H and O–H groups in total. The molecule has 0 saturated carbocycles. The molecule has 0 bridgehead atoms. The van der Waals surface area contributed by atoms with Gasteiger partial charge >= 0.3 is 0 Å². The molecule has 0 aliphatic heterocycles. The summed E-state index contributed by atoms with van der Waals surface area (Å²) in [5.74, 6) is 0. The monoisotopic (exact) mass is 293 g/mol.